The SMILES string of the molecule is Cc1ccc(C(C)N)cc1.Cc1ccc(C(C)N)cc1.Cc1ccc(C(C)N)cc1.O=C(O)c1ccccc1C(=O)O.O=S(=O)(O)c1ccccc1. The Morgan fingerprint density at radius 1 is 0.481 bits per heavy atom. The fraction of sp³-hybridized carbons (Fsp3) is 0.220. The van der Waals surface area contributed by atoms with Gasteiger partial charge in [0.2, 0.25) is 0 Å². The van der Waals surface area contributed by atoms with E-state index in [4.69, 9.17) is 32.0 Å². The van der Waals surface area contributed by atoms with Crippen LogP contribution in [0.1, 0.15) is 93.0 Å². The second-order valence-electron chi connectivity index (χ2n) is 12.0. The highest BCUT2D eigenvalue weighted by atomic mass is 32.2. The smallest absolute Gasteiger partial charge is 0.336 e. The van der Waals surface area contributed by atoms with Crippen molar-refractivity contribution in [2.24, 2.45) is 17.2 Å². The molecule has 5 aromatic carbocycles. The van der Waals surface area contributed by atoms with Crippen molar-refractivity contribution in [1.29, 1.82) is 0 Å². The third-order valence-electron chi connectivity index (χ3n) is 7.24. The number of carbonyl (C=O) groups is 2. The zero-order valence-corrected chi connectivity index (χ0v) is 31.3. The molecule has 10 nitrogen and oxygen atoms in total. The van der Waals surface area contributed by atoms with E-state index in [0.717, 1.165) is 0 Å². The largest absolute Gasteiger partial charge is 0.478 e. The highest BCUT2D eigenvalue weighted by Crippen LogP contribution is 2.12. The summed E-state index contributed by atoms with van der Waals surface area (Å²) in [5.74, 6) is -2.46. The number of nitrogens with two attached hydrogens (primary N) is 3. The van der Waals surface area contributed by atoms with E-state index >= 15 is 0 Å². The van der Waals surface area contributed by atoms with Crippen molar-refractivity contribution in [3.05, 3.63) is 172 Å². The van der Waals surface area contributed by atoms with Gasteiger partial charge in [-0.25, -0.2) is 9.59 Å². The normalized spacial score (nSPS) is 11.9. The summed E-state index contributed by atoms with van der Waals surface area (Å²) in [7, 11) is -4.00. The third-order valence-corrected chi connectivity index (χ3v) is 8.11. The quantitative estimate of drug-likeness (QED) is 0.0927. The second-order valence-corrected chi connectivity index (χ2v) is 13.5. The van der Waals surface area contributed by atoms with E-state index in [9.17, 15) is 18.0 Å². The van der Waals surface area contributed by atoms with Gasteiger partial charge < -0.3 is 27.4 Å². The van der Waals surface area contributed by atoms with E-state index in [1.165, 1.54) is 69.8 Å². The molecule has 5 rings (SSSR count). The van der Waals surface area contributed by atoms with Gasteiger partial charge in [-0.05, 0) is 82.5 Å². The maximum absolute atomic E-state index is 10.5. The number of carboxylic acids is 2. The predicted molar refractivity (Wildman–Crippen MR) is 208 cm³/mol. The maximum atomic E-state index is 10.5. The van der Waals surface area contributed by atoms with Gasteiger partial charge in [-0.3, -0.25) is 4.55 Å². The Labute approximate surface area is 307 Å². The van der Waals surface area contributed by atoms with Crippen LogP contribution < -0.4 is 17.2 Å². The lowest BCUT2D eigenvalue weighted by atomic mass is 10.1. The number of hydrogen-bond acceptors (Lipinski definition) is 7. The first kappa shape index (κ1) is 44.9. The molecule has 0 fully saturated rings. The molecule has 0 bridgehead atoms. The van der Waals surface area contributed by atoms with E-state index in [2.05, 4.69) is 93.6 Å². The lowest BCUT2D eigenvalue weighted by molar-refractivity contribution is 0.0651. The molecule has 0 saturated carbocycles. The number of aryl methyl sites for hydroxylation is 3. The summed E-state index contributed by atoms with van der Waals surface area (Å²) in [6.45, 7) is 12.2. The molecule has 11 heteroatoms. The average Bonchev–Trinajstić information content (AvgIpc) is 3.10. The first-order valence-corrected chi connectivity index (χ1v) is 17.8. The highest BCUT2D eigenvalue weighted by molar-refractivity contribution is 7.85. The van der Waals surface area contributed by atoms with E-state index in [0.29, 0.717) is 0 Å². The van der Waals surface area contributed by atoms with Crippen LogP contribution in [0, 0.1) is 20.8 Å². The number of carboxylic acid groups (broad SMARTS) is 2. The molecule has 3 atom stereocenters. The number of hydrogen-bond donors (Lipinski definition) is 6. The minimum atomic E-state index is -4.00. The van der Waals surface area contributed by atoms with Crippen molar-refractivity contribution >= 4 is 22.1 Å². The molecule has 0 aromatic heterocycles. The summed E-state index contributed by atoms with van der Waals surface area (Å²) >= 11 is 0. The Balaban J connectivity index is 0.000000326. The molecule has 0 radical (unpaired) electrons. The zero-order valence-electron chi connectivity index (χ0n) is 30.5. The standard InChI is InChI=1S/3C9H13N.C8H6O4.C6H6O3S/c3*1-7-3-5-9(6-4-7)8(2)10;9-7(10)5-3-1-2-4-6(5)8(11)12;7-10(8,9)6-4-2-1-3-5-6/h3*3-6,8H,10H2,1-2H3;1-4H,(H,9,10)(H,11,12);1-5H,(H,7,8,9). The first-order valence-electron chi connectivity index (χ1n) is 16.4. The van der Waals surface area contributed by atoms with E-state index in [1.807, 2.05) is 20.8 Å². The van der Waals surface area contributed by atoms with Gasteiger partial charge in [-0.15, -0.1) is 0 Å². The van der Waals surface area contributed by atoms with Gasteiger partial charge in [0.1, 0.15) is 0 Å². The molecule has 5 aromatic rings. The molecule has 0 aliphatic carbocycles. The Hall–Kier alpha value is -5.17. The number of aromatic carboxylic acids is 2. The van der Waals surface area contributed by atoms with Crippen molar-refractivity contribution in [2.45, 2.75) is 64.6 Å². The van der Waals surface area contributed by atoms with Crippen LogP contribution in [0.5, 0.6) is 0 Å². The molecule has 0 aliphatic heterocycles. The Morgan fingerprint density at radius 2 is 0.731 bits per heavy atom. The van der Waals surface area contributed by atoms with E-state index in [-0.39, 0.29) is 34.1 Å². The molecule has 278 valence electrons. The summed E-state index contributed by atoms with van der Waals surface area (Å²) in [4.78, 5) is 20.9. The van der Waals surface area contributed by atoms with Crippen LogP contribution in [-0.2, 0) is 10.1 Å². The van der Waals surface area contributed by atoms with Crippen LogP contribution in [-0.4, -0.2) is 35.1 Å². The highest BCUT2D eigenvalue weighted by Gasteiger charge is 2.13. The number of benzene rings is 5. The Kier molecular flexibility index (Phi) is 19.5. The average molecular weight is 730 g/mol. The molecule has 0 amide bonds. The van der Waals surface area contributed by atoms with Gasteiger partial charge in [0, 0.05) is 18.1 Å². The van der Waals surface area contributed by atoms with Gasteiger partial charge in [-0.1, -0.05) is 120 Å². The van der Waals surface area contributed by atoms with Crippen molar-refractivity contribution < 1.29 is 32.8 Å². The van der Waals surface area contributed by atoms with Gasteiger partial charge in [0.15, 0.2) is 0 Å². The van der Waals surface area contributed by atoms with Crippen molar-refractivity contribution in [2.75, 3.05) is 0 Å². The minimum absolute atomic E-state index is 0.0741. The van der Waals surface area contributed by atoms with Crippen LogP contribution in [0.3, 0.4) is 0 Å². The molecule has 0 heterocycles. The summed E-state index contributed by atoms with van der Waals surface area (Å²) in [5, 5.41) is 17.1. The molecule has 0 spiro atoms. The van der Waals surface area contributed by atoms with Crippen LogP contribution in [0.25, 0.3) is 0 Å². The summed E-state index contributed by atoms with van der Waals surface area (Å²) in [5.41, 5.74) is 24.1. The van der Waals surface area contributed by atoms with Crippen molar-refractivity contribution in [3.8, 4) is 0 Å². The van der Waals surface area contributed by atoms with E-state index in [1.54, 1.807) is 18.2 Å². The van der Waals surface area contributed by atoms with Gasteiger partial charge in [0.05, 0.1) is 16.0 Å². The van der Waals surface area contributed by atoms with Crippen molar-refractivity contribution in [3.63, 3.8) is 0 Å². The monoisotopic (exact) mass is 729 g/mol. The lowest BCUT2D eigenvalue weighted by Gasteiger charge is -2.03. The molecular formula is C41H51N3O7S. The minimum Gasteiger partial charge on any atom is -0.478 e. The fourth-order valence-electron chi connectivity index (χ4n) is 4.06. The zero-order chi connectivity index (χ0) is 39.4. The van der Waals surface area contributed by atoms with Crippen LogP contribution in [0.4, 0.5) is 0 Å². The second kappa shape index (κ2) is 22.6. The fourth-order valence-corrected chi connectivity index (χ4v) is 4.56. The molecular weight excluding hydrogens is 679 g/mol. The molecule has 0 aliphatic rings. The Morgan fingerprint density at radius 3 is 0.923 bits per heavy atom. The molecule has 9 N–H and O–H groups in total. The molecule has 0 saturated heterocycles. The third kappa shape index (κ3) is 17.7. The maximum Gasteiger partial charge on any atom is 0.336 e. The Bertz CT molecular complexity index is 1740. The van der Waals surface area contributed by atoms with E-state index < -0.39 is 22.1 Å². The van der Waals surface area contributed by atoms with Crippen molar-refractivity contribution in [1.82, 2.24) is 0 Å². The van der Waals surface area contributed by atoms with Crippen LogP contribution >= 0.6 is 0 Å². The number of rotatable bonds is 6. The van der Waals surface area contributed by atoms with Gasteiger partial charge in [0.25, 0.3) is 10.1 Å². The predicted octanol–water partition coefficient (Wildman–Crippen LogP) is 8.06. The molecule has 3 unspecified atom stereocenters. The first-order chi connectivity index (χ1) is 24.3. The van der Waals surface area contributed by atoms with Crippen LogP contribution in [0.15, 0.2) is 132 Å². The lowest BCUT2D eigenvalue weighted by Crippen LogP contribution is -2.06. The van der Waals surface area contributed by atoms with Gasteiger partial charge >= 0.3 is 11.9 Å². The molecule has 52 heavy (non-hydrogen) atoms. The van der Waals surface area contributed by atoms with Crippen LogP contribution in [0.2, 0.25) is 0 Å². The summed E-state index contributed by atoms with van der Waals surface area (Å²) in [6, 6.07) is 38.3. The topological polar surface area (TPSA) is 207 Å². The van der Waals surface area contributed by atoms with Gasteiger partial charge in [-0.2, -0.15) is 8.42 Å². The summed E-state index contributed by atoms with van der Waals surface area (Å²) in [6.07, 6.45) is 0. The summed E-state index contributed by atoms with van der Waals surface area (Å²) < 4.78 is 29.2.